The summed E-state index contributed by atoms with van der Waals surface area (Å²) in [6.45, 7) is 11.2. The normalized spacial score (nSPS) is 13.6. The van der Waals surface area contributed by atoms with Crippen LogP contribution < -0.4 is 5.32 Å². The minimum absolute atomic E-state index is 0.235. The van der Waals surface area contributed by atoms with Gasteiger partial charge in [0.2, 0.25) is 0 Å². The van der Waals surface area contributed by atoms with Gasteiger partial charge >= 0.3 is 0 Å². The Morgan fingerprint density at radius 3 is 2.46 bits per heavy atom. The summed E-state index contributed by atoms with van der Waals surface area (Å²) in [6, 6.07) is 0. The topological polar surface area (TPSA) is 35.5 Å². The van der Waals surface area contributed by atoms with Gasteiger partial charge in [-0.25, -0.2) is 0 Å². The van der Waals surface area contributed by atoms with Gasteiger partial charge in [0.15, 0.2) is 0 Å². The standard InChI is InChI=1S/C10H24N2O/c1-4-7-12(5-2)8-6-11-9-10(3)13/h10-11,13H,4-9H2,1-3H3/t10-/m0/s1. The van der Waals surface area contributed by atoms with Gasteiger partial charge in [0.1, 0.15) is 0 Å². The van der Waals surface area contributed by atoms with Crippen molar-refractivity contribution in [2.24, 2.45) is 0 Å². The molecule has 0 aromatic carbocycles. The molecule has 0 rings (SSSR count). The van der Waals surface area contributed by atoms with Crippen molar-refractivity contribution in [2.75, 3.05) is 32.7 Å². The summed E-state index contributed by atoms with van der Waals surface area (Å²) in [5.41, 5.74) is 0. The molecule has 13 heavy (non-hydrogen) atoms. The third-order valence-electron chi connectivity index (χ3n) is 2.03. The SMILES string of the molecule is CCCN(CC)CCNC[C@H](C)O. The number of hydrogen-bond acceptors (Lipinski definition) is 3. The number of rotatable bonds is 8. The summed E-state index contributed by atoms with van der Waals surface area (Å²) < 4.78 is 0. The second-order valence-electron chi connectivity index (χ2n) is 3.49. The van der Waals surface area contributed by atoms with Crippen LogP contribution >= 0.6 is 0 Å². The largest absolute Gasteiger partial charge is 0.392 e. The van der Waals surface area contributed by atoms with E-state index in [1.807, 2.05) is 0 Å². The maximum absolute atomic E-state index is 9.00. The van der Waals surface area contributed by atoms with E-state index in [1.54, 1.807) is 6.92 Å². The molecule has 0 unspecified atom stereocenters. The third kappa shape index (κ3) is 8.22. The lowest BCUT2D eigenvalue weighted by molar-refractivity contribution is 0.188. The average Bonchev–Trinajstić information content (AvgIpc) is 2.10. The van der Waals surface area contributed by atoms with Crippen LogP contribution in [-0.2, 0) is 0 Å². The van der Waals surface area contributed by atoms with E-state index in [9.17, 15) is 0 Å². The highest BCUT2D eigenvalue weighted by atomic mass is 16.3. The zero-order valence-corrected chi connectivity index (χ0v) is 9.21. The molecule has 3 nitrogen and oxygen atoms in total. The first-order valence-corrected chi connectivity index (χ1v) is 5.31. The molecule has 0 aromatic rings. The first-order chi connectivity index (χ1) is 6.20. The van der Waals surface area contributed by atoms with Gasteiger partial charge in [-0.1, -0.05) is 13.8 Å². The predicted molar refractivity (Wildman–Crippen MR) is 57.0 cm³/mol. The first kappa shape index (κ1) is 12.9. The number of nitrogens with one attached hydrogen (secondary N) is 1. The van der Waals surface area contributed by atoms with E-state index in [0.29, 0.717) is 6.54 Å². The van der Waals surface area contributed by atoms with E-state index in [0.717, 1.165) is 19.6 Å². The van der Waals surface area contributed by atoms with Gasteiger partial charge in [-0.2, -0.15) is 0 Å². The lowest BCUT2D eigenvalue weighted by Gasteiger charge is -2.19. The van der Waals surface area contributed by atoms with Crippen LogP contribution in [0.15, 0.2) is 0 Å². The van der Waals surface area contributed by atoms with Crippen molar-refractivity contribution in [3.8, 4) is 0 Å². The Labute approximate surface area is 82.1 Å². The van der Waals surface area contributed by atoms with Crippen molar-refractivity contribution in [3.05, 3.63) is 0 Å². The Bertz CT molecular complexity index is 107. The molecular weight excluding hydrogens is 164 g/mol. The van der Waals surface area contributed by atoms with Crippen molar-refractivity contribution in [3.63, 3.8) is 0 Å². The quantitative estimate of drug-likeness (QED) is 0.550. The summed E-state index contributed by atoms with van der Waals surface area (Å²) in [7, 11) is 0. The monoisotopic (exact) mass is 188 g/mol. The summed E-state index contributed by atoms with van der Waals surface area (Å²) in [4.78, 5) is 2.41. The lowest BCUT2D eigenvalue weighted by atomic mass is 10.3. The zero-order chi connectivity index (χ0) is 10.1. The van der Waals surface area contributed by atoms with Gasteiger partial charge in [0, 0.05) is 19.6 Å². The molecule has 0 fully saturated rings. The fraction of sp³-hybridized carbons (Fsp3) is 1.00. The number of hydrogen-bond donors (Lipinski definition) is 2. The fourth-order valence-electron chi connectivity index (χ4n) is 1.29. The molecule has 2 N–H and O–H groups in total. The highest BCUT2D eigenvalue weighted by Crippen LogP contribution is 1.88. The molecule has 0 heterocycles. The van der Waals surface area contributed by atoms with E-state index < -0.39 is 0 Å². The number of aliphatic hydroxyl groups is 1. The molecule has 0 aromatic heterocycles. The van der Waals surface area contributed by atoms with Crippen LogP contribution in [-0.4, -0.2) is 48.8 Å². The van der Waals surface area contributed by atoms with Crippen molar-refractivity contribution in [1.29, 1.82) is 0 Å². The second kappa shape index (κ2) is 8.48. The van der Waals surface area contributed by atoms with Gasteiger partial charge in [0.25, 0.3) is 0 Å². The van der Waals surface area contributed by atoms with Gasteiger partial charge in [-0.05, 0) is 26.4 Å². The summed E-state index contributed by atoms with van der Waals surface area (Å²) in [5, 5.41) is 12.2. The molecule has 0 aliphatic rings. The van der Waals surface area contributed by atoms with Gasteiger partial charge < -0.3 is 15.3 Å². The Morgan fingerprint density at radius 2 is 2.00 bits per heavy atom. The second-order valence-corrected chi connectivity index (χ2v) is 3.49. The fourth-order valence-corrected chi connectivity index (χ4v) is 1.29. The van der Waals surface area contributed by atoms with E-state index in [2.05, 4.69) is 24.1 Å². The van der Waals surface area contributed by atoms with E-state index >= 15 is 0 Å². The smallest absolute Gasteiger partial charge is 0.0636 e. The molecule has 0 amide bonds. The van der Waals surface area contributed by atoms with Crippen LogP contribution in [0.1, 0.15) is 27.2 Å². The molecule has 0 radical (unpaired) electrons. The number of aliphatic hydroxyl groups excluding tert-OH is 1. The maximum atomic E-state index is 9.00. The van der Waals surface area contributed by atoms with Crippen LogP contribution in [0.25, 0.3) is 0 Å². The molecule has 1 atom stereocenters. The minimum Gasteiger partial charge on any atom is -0.392 e. The summed E-state index contributed by atoms with van der Waals surface area (Å²) in [6.07, 6.45) is 0.978. The lowest BCUT2D eigenvalue weighted by Crippen LogP contribution is -2.35. The van der Waals surface area contributed by atoms with E-state index in [1.165, 1.54) is 13.0 Å². The molecule has 0 aliphatic carbocycles. The Balaban J connectivity index is 3.27. The number of likely N-dealkylation sites (N-methyl/N-ethyl adjacent to an activating group) is 1. The molecule has 3 heteroatoms. The third-order valence-corrected chi connectivity index (χ3v) is 2.03. The Hall–Kier alpha value is -0.120. The highest BCUT2D eigenvalue weighted by Gasteiger charge is 2.00. The molecule has 80 valence electrons. The number of nitrogens with zero attached hydrogens (tertiary/aromatic N) is 1. The van der Waals surface area contributed by atoms with Gasteiger partial charge in [-0.3, -0.25) is 0 Å². The molecule has 0 saturated heterocycles. The van der Waals surface area contributed by atoms with Crippen molar-refractivity contribution >= 4 is 0 Å². The van der Waals surface area contributed by atoms with E-state index in [4.69, 9.17) is 5.11 Å². The predicted octanol–water partition coefficient (Wildman–Crippen LogP) is 0.689. The molecule has 0 spiro atoms. The first-order valence-electron chi connectivity index (χ1n) is 5.31. The summed E-state index contributed by atoms with van der Waals surface area (Å²) >= 11 is 0. The van der Waals surface area contributed by atoms with Crippen LogP contribution in [0.2, 0.25) is 0 Å². The van der Waals surface area contributed by atoms with Crippen molar-refractivity contribution < 1.29 is 5.11 Å². The maximum Gasteiger partial charge on any atom is 0.0636 e. The molecule has 0 aliphatic heterocycles. The van der Waals surface area contributed by atoms with E-state index in [-0.39, 0.29) is 6.10 Å². The molecule has 0 bridgehead atoms. The summed E-state index contributed by atoms with van der Waals surface area (Å²) in [5.74, 6) is 0. The van der Waals surface area contributed by atoms with Crippen LogP contribution in [0.5, 0.6) is 0 Å². The molecular formula is C10H24N2O. The van der Waals surface area contributed by atoms with Gasteiger partial charge in [0.05, 0.1) is 6.10 Å². The van der Waals surface area contributed by atoms with Crippen molar-refractivity contribution in [2.45, 2.75) is 33.3 Å². The zero-order valence-electron chi connectivity index (χ0n) is 9.21. The van der Waals surface area contributed by atoms with Crippen LogP contribution in [0.4, 0.5) is 0 Å². The van der Waals surface area contributed by atoms with Crippen LogP contribution in [0.3, 0.4) is 0 Å². The minimum atomic E-state index is -0.235. The van der Waals surface area contributed by atoms with Gasteiger partial charge in [-0.15, -0.1) is 0 Å². The highest BCUT2D eigenvalue weighted by molar-refractivity contribution is 4.58. The average molecular weight is 188 g/mol. The Kier molecular flexibility index (Phi) is 8.40. The van der Waals surface area contributed by atoms with Crippen molar-refractivity contribution in [1.82, 2.24) is 10.2 Å². The van der Waals surface area contributed by atoms with Crippen LogP contribution in [0, 0.1) is 0 Å². The Morgan fingerprint density at radius 1 is 1.31 bits per heavy atom. The molecule has 0 saturated carbocycles.